The van der Waals surface area contributed by atoms with E-state index in [9.17, 15) is 13.2 Å². The summed E-state index contributed by atoms with van der Waals surface area (Å²) in [7, 11) is 0. The summed E-state index contributed by atoms with van der Waals surface area (Å²) in [6.45, 7) is 0. The van der Waals surface area contributed by atoms with Crippen LogP contribution in [0.15, 0.2) is 0 Å². The Morgan fingerprint density at radius 1 is 1.50 bits per heavy atom. The van der Waals surface area contributed by atoms with Crippen LogP contribution in [-0.2, 0) is 0 Å². The molecule has 0 fully saturated rings. The van der Waals surface area contributed by atoms with E-state index >= 15 is 0 Å². The van der Waals surface area contributed by atoms with Crippen LogP contribution >= 0.6 is 15.9 Å². The summed E-state index contributed by atoms with van der Waals surface area (Å²) in [6, 6.07) is 1.19. The van der Waals surface area contributed by atoms with Crippen molar-refractivity contribution in [3.63, 3.8) is 0 Å². The minimum absolute atomic E-state index is 0.181. The van der Waals surface area contributed by atoms with Gasteiger partial charge in [0.2, 0.25) is 0 Å². The van der Waals surface area contributed by atoms with Gasteiger partial charge in [-0.3, -0.25) is 0 Å². The molecule has 1 atom stereocenters. The van der Waals surface area contributed by atoms with Crippen LogP contribution in [-0.4, -0.2) is 11.5 Å². The van der Waals surface area contributed by atoms with Crippen LogP contribution in [0.4, 0.5) is 13.2 Å². The number of hydrogen-bond acceptors (Lipinski definition) is 1. The fourth-order valence-electron chi connectivity index (χ4n) is 0.411. The smallest absolute Gasteiger partial charge is 0.198 e. The van der Waals surface area contributed by atoms with E-state index in [4.69, 9.17) is 5.26 Å². The topological polar surface area (TPSA) is 23.8 Å². The van der Waals surface area contributed by atoms with Gasteiger partial charge >= 0.3 is 6.18 Å². The van der Waals surface area contributed by atoms with Gasteiger partial charge in [0.05, 0.1) is 6.07 Å². The first-order valence-electron chi connectivity index (χ1n) is 2.54. The lowest BCUT2D eigenvalue weighted by atomic mass is 10.1. The summed E-state index contributed by atoms with van der Waals surface area (Å²) in [6.07, 6.45) is -4.55. The zero-order valence-electron chi connectivity index (χ0n) is 4.95. The Morgan fingerprint density at radius 2 is 2.00 bits per heavy atom. The molecular formula is C5H5BrF3N. The van der Waals surface area contributed by atoms with Gasteiger partial charge < -0.3 is 0 Å². The second kappa shape index (κ2) is 3.81. The number of alkyl halides is 4. The first-order chi connectivity index (χ1) is 4.52. The first kappa shape index (κ1) is 9.76. The zero-order chi connectivity index (χ0) is 8.20. The van der Waals surface area contributed by atoms with E-state index in [1.165, 1.54) is 6.07 Å². The summed E-state index contributed by atoms with van der Waals surface area (Å²) < 4.78 is 35.0. The lowest BCUT2D eigenvalue weighted by molar-refractivity contribution is -0.159. The van der Waals surface area contributed by atoms with Gasteiger partial charge in [-0.15, -0.1) is 0 Å². The maximum absolute atomic E-state index is 11.7. The summed E-state index contributed by atoms with van der Waals surface area (Å²) >= 11 is 2.83. The maximum atomic E-state index is 11.7. The Morgan fingerprint density at radius 3 is 2.10 bits per heavy atom. The molecular weight excluding hydrogens is 211 g/mol. The molecule has 0 rings (SSSR count). The summed E-state index contributed by atoms with van der Waals surface area (Å²) in [4.78, 5) is 0. The number of rotatable bonds is 2. The predicted octanol–water partition coefficient (Wildman–Crippen LogP) is 2.47. The Labute approximate surface area is 65.0 Å². The molecule has 0 saturated carbocycles. The van der Waals surface area contributed by atoms with E-state index in [1.54, 1.807) is 0 Å². The minimum atomic E-state index is -4.37. The number of halogens is 4. The fraction of sp³-hybridized carbons (Fsp3) is 0.800. The molecule has 0 spiro atoms. The molecule has 58 valence electrons. The molecule has 0 N–H and O–H groups in total. The highest BCUT2D eigenvalue weighted by Gasteiger charge is 2.38. The van der Waals surface area contributed by atoms with Crippen LogP contribution in [0, 0.1) is 17.2 Å². The van der Waals surface area contributed by atoms with Gasteiger partial charge in [-0.1, -0.05) is 15.9 Å². The van der Waals surface area contributed by atoms with Crippen LogP contribution in [0.1, 0.15) is 6.42 Å². The molecule has 0 aliphatic rings. The second-order valence-electron chi connectivity index (χ2n) is 1.70. The Kier molecular flexibility index (Phi) is 3.72. The standard InChI is InChI=1S/C5H5BrF3N/c6-2-1-4(3-10)5(7,8)9/h4H,1-2H2. The molecule has 0 aliphatic heterocycles. The molecule has 1 unspecified atom stereocenters. The second-order valence-corrected chi connectivity index (χ2v) is 2.49. The SMILES string of the molecule is N#CC(CCBr)C(F)(F)F. The van der Waals surface area contributed by atoms with E-state index in [0.717, 1.165) is 0 Å². The zero-order valence-corrected chi connectivity index (χ0v) is 6.54. The Balaban J connectivity index is 3.98. The van der Waals surface area contributed by atoms with Crippen LogP contribution < -0.4 is 0 Å². The highest BCUT2D eigenvalue weighted by molar-refractivity contribution is 9.09. The lowest BCUT2D eigenvalue weighted by Crippen LogP contribution is -2.21. The number of nitriles is 1. The van der Waals surface area contributed by atoms with Gasteiger partial charge in [-0.05, 0) is 6.42 Å². The van der Waals surface area contributed by atoms with Gasteiger partial charge in [0, 0.05) is 5.33 Å². The molecule has 5 heteroatoms. The fourth-order valence-corrected chi connectivity index (χ4v) is 0.868. The molecule has 0 amide bonds. The average molecular weight is 216 g/mol. The molecule has 0 aromatic carbocycles. The normalized spacial score (nSPS) is 14.3. The molecule has 0 heterocycles. The largest absolute Gasteiger partial charge is 0.404 e. The maximum Gasteiger partial charge on any atom is 0.404 e. The van der Waals surface area contributed by atoms with Crippen molar-refractivity contribution in [3.05, 3.63) is 0 Å². The molecule has 0 radical (unpaired) electrons. The molecule has 0 aromatic heterocycles. The molecule has 0 aromatic rings. The third-order valence-electron chi connectivity index (χ3n) is 0.949. The third-order valence-corrected chi connectivity index (χ3v) is 1.41. The molecule has 0 bridgehead atoms. The highest BCUT2D eigenvalue weighted by atomic mass is 79.9. The van der Waals surface area contributed by atoms with Gasteiger partial charge in [0.15, 0.2) is 0 Å². The van der Waals surface area contributed by atoms with Crippen molar-refractivity contribution in [1.29, 1.82) is 5.26 Å². The third kappa shape index (κ3) is 3.06. The number of nitrogens with zero attached hydrogens (tertiary/aromatic N) is 1. The van der Waals surface area contributed by atoms with Crippen molar-refractivity contribution < 1.29 is 13.2 Å². The van der Waals surface area contributed by atoms with Crippen molar-refractivity contribution in [2.24, 2.45) is 5.92 Å². The minimum Gasteiger partial charge on any atom is -0.198 e. The molecule has 0 saturated heterocycles. The van der Waals surface area contributed by atoms with E-state index < -0.39 is 12.1 Å². The van der Waals surface area contributed by atoms with Gasteiger partial charge in [-0.2, -0.15) is 18.4 Å². The van der Waals surface area contributed by atoms with Gasteiger partial charge in [0.1, 0.15) is 5.92 Å². The molecule has 1 nitrogen and oxygen atoms in total. The molecule has 10 heavy (non-hydrogen) atoms. The van der Waals surface area contributed by atoms with Crippen molar-refractivity contribution >= 4 is 15.9 Å². The molecule has 0 aliphatic carbocycles. The monoisotopic (exact) mass is 215 g/mol. The summed E-state index contributed by atoms with van der Waals surface area (Å²) in [5.74, 6) is -1.83. The van der Waals surface area contributed by atoms with Gasteiger partial charge in [-0.25, -0.2) is 0 Å². The summed E-state index contributed by atoms with van der Waals surface area (Å²) in [5, 5.41) is 8.20. The summed E-state index contributed by atoms with van der Waals surface area (Å²) in [5.41, 5.74) is 0. The van der Waals surface area contributed by atoms with E-state index in [-0.39, 0.29) is 11.8 Å². The lowest BCUT2D eigenvalue weighted by Gasteiger charge is -2.10. The first-order valence-corrected chi connectivity index (χ1v) is 3.66. The quantitative estimate of drug-likeness (QED) is 0.650. The van der Waals surface area contributed by atoms with E-state index in [2.05, 4.69) is 15.9 Å². The average Bonchev–Trinajstić information content (AvgIpc) is 1.80. The van der Waals surface area contributed by atoms with Gasteiger partial charge in [0.25, 0.3) is 0 Å². The van der Waals surface area contributed by atoms with Crippen LogP contribution in [0.2, 0.25) is 0 Å². The Bertz CT molecular complexity index is 137. The highest BCUT2D eigenvalue weighted by Crippen LogP contribution is 2.28. The number of hydrogen-bond donors (Lipinski definition) is 0. The van der Waals surface area contributed by atoms with Crippen LogP contribution in [0.3, 0.4) is 0 Å². The van der Waals surface area contributed by atoms with Crippen molar-refractivity contribution in [2.75, 3.05) is 5.33 Å². The Hall–Kier alpha value is -0.240. The van der Waals surface area contributed by atoms with E-state index in [1.807, 2.05) is 0 Å². The van der Waals surface area contributed by atoms with Crippen molar-refractivity contribution in [3.8, 4) is 6.07 Å². The van der Waals surface area contributed by atoms with Crippen LogP contribution in [0.25, 0.3) is 0 Å². The van der Waals surface area contributed by atoms with Crippen LogP contribution in [0.5, 0.6) is 0 Å². The van der Waals surface area contributed by atoms with E-state index in [0.29, 0.717) is 0 Å². The van der Waals surface area contributed by atoms with Crippen molar-refractivity contribution in [2.45, 2.75) is 12.6 Å². The van der Waals surface area contributed by atoms with Crippen molar-refractivity contribution in [1.82, 2.24) is 0 Å². The predicted molar refractivity (Wildman–Crippen MR) is 33.6 cm³/mol.